The number of anilines is 1. The lowest BCUT2D eigenvalue weighted by atomic mass is 10.1. The fourth-order valence-electron chi connectivity index (χ4n) is 1.50. The van der Waals surface area contributed by atoms with Gasteiger partial charge in [0.15, 0.2) is 0 Å². The molecule has 0 aliphatic carbocycles. The molecule has 0 radical (unpaired) electrons. The van der Waals surface area contributed by atoms with Gasteiger partial charge in [-0.15, -0.1) is 0 Å². The Labute approximate surface area is 104 Å². The van der Waals surface area contributed by atoms with E-state index in [-0.39, 0.29) is 23.9 Å². The molecule has 0 saturated carbocycles. The quantitative estimate of drug-likeness (QED) is 0.725. The second kappa shape index (κ2) is 6.11. The summed E-state index contributed by atoms with van der Waals surface area (Å²) in [7, 11) is 0. The van der Waals surface area contributed by atoms with Gasteiger partial charge in [-0.3, -0.25) is 9.59 Å². The number of nitrogens with one attached hydrogen (secondary N) is 1. The van der Waals surface area contributed by atoms with Gasteiger partial charge in [0.1, 0.15) is 5.82 Å². The number of carbonyl (C=O) groups is 2. The smallest absolute Gasteiger partial charge is 0.251 e. The molecule has 0 spiro atoms. The molecule has 0 fully saturated rings. The van der Waals surface area contributed by atoms with Crippen LogP contribution in [0.3, 0.4) is 0 Å². The van der Waals surface area contributed by atoms with E-state index in [1.54, 1.807) is 0 Å². The SMILES string of the molecule is CCC(CN)C(=O)Nc1ccc(F)c(C(N)=O)c1. The highest BCUT2D eigenvalue weighted by Crippen LogP contribution is 2.15. The van der Waals surface area contributed by atoms with E-state index >= 15 is 0 Å². The minimum atomic E-state index is -0.880. The third-order valence-corrected chi connectivity index (χ3v) is 2.65. The fraction of sp³-hybridized carbons (Fsp3) is 0.333. The largest absolute Gasteiger partial charge is 0.366 e. The fourth-order valence-corrected chi connectivity index (χ4v) is 1.50. The third-order valence-electron chi connectivity index (χ3n) is 2.65. The minimum absolute atomic E-state index is 0.228. The Morgan fingerprint density at radius 2 is 2.11 bits per heavy atom. The third kappa shape index (κ3) is 3.27. The van der Waals surface area contributed by atoms with Crippen molar-refractivity contribution < 1.29 is 14.0 Å². The highest BCUT2D eigenvalue weighted by atomic mass is 19.1. The molecule has 6 heteroatoms. The number of nitrogens with two attached hydrogens (primary N) is 2. The van der Waals surface area contributed by atoms with E-state index in [0.717, 1.165) is 6.07 Å². The maximum absolute atomic E-state index is 13.2. The summed E-state index contributed by atoms with van der Waals surface area (Å²) in [6, 6.07) is 3.65. The van der Waals surface area contributed by atoms with Crippen LogP contribution >= 0.6 is 0 Å². The second-order valence-corrected chi connectivity index (χ2v) is 3.89. The number of rotatable bonds is 5. The van der Waals surface area contributed by atoms with Crippen molar-refractivity contribution in [1.29, 1.82) is 0 Å². The topological polar surface area (TPSA) is 98.2 Å². The number of hydrogen-bond acceptors (Lipinski definition) is 3. The van der Waals surface area contributed by atoms with Crippen molar-refractivity contribution in [3.8, 4) is 0 Å². The van der Waals surface area contributed by atoms with Gasteiger partial charge in [0.05, 0.1) is 11.5 Å². The highest BCUT2D eigenvalue weighted by Gasteiger charge is 2.16. The normalized spacial score (nSPS) is 11.9. The van der Waals surface area contributed by atoms with E-state index < -0.39 is 11.7 Å². The van der Waals surface area contributed by atoms with E-state index in [0.29, 0.717) is 12.1 Å². The predicted octanol–water partition coefficient (Wildman–Crippen LogP) is 0.848. The zero-order valence-electron chi connectivity index (χ0n) is 10.1. The van der Waals surface area contributed by atoms with Crippen LogP contribution in [0.15, 0.2) is 18.2 Å². The van der Waals surface area contributed by atoms with Crippen LogP contribution in [0.2, 0.25) is 0 Å². The Kier molecular flexibility index (Phi) is 4.79. The number of carbonyl (C=O) groups excluding carboxylic acids is 2. The molecule has 1 unspecified atom stereocenters. The van der Waals surface area contributed by atoms with Crippen molar-refractivity contribution in [2.45, 2.75) is 13.3 Å². The van der Waals surface area contributed by atoms with Crippen molar-refractivity contribution >= 4 is 17.5 Å². The van der Waals surface area contributed by atoms with Crippen LogP contribution in [-0.4, -0.2) is 18.4 Å². The minimum Gasteiger partial charge on any atom is -0.366 e. The molecule has 1 aromatic carbocycles. The summed E-state index contributed by atoms with van der Waals surface area (Å²) in [6.07, 6.45) is 0.603. The van der Waals surface area contributed by atoms with Crippen LogP contribution in [0.25, 0.3) is 0 Å². The molecule has 0 bridgehead atoms. The highest BCUT2D eigenvalue weighted by molar-refractivity contribution is 5.97. The van der Waals surface area contributed by atoms with Gasteiger partial charge in [0.2, 0.25) is 5.91 Å². The molecular weight excluding hydrogens is 237 g/mol. The Morgan fingerprint density at radius 1 is 1.44 bits per heavy atom. The molecule has 98 valence electrons. The van der Waals surface area contributed by atoms with Crippen molar-refractivity contribution in [1.82, 2.24) is 0 Å². The molecular formula is C12H16FN3O2. The zero-order valence-corrected chi connectivity index (χ0v) is 10.1. The van der Waals surface area contributed by atoms with Crippen LogP contribution in [0.4, 0.5) is 10.1 Å². The van der Waals surface area contributed by atoms with Gasteiger partial charge in [0.25, 0.3) is 5.91 Å². The van der Waals surface area contributed by atoms with Gasteiger partial charge in [0, 0.05) is 12.2 Å². The Balaban J connectivity index is 2.89. The number of benzene rings is 1. The van der Waals surface area contributed by atoms with Gasteiger partial charge >= 0.3 is 0 Å². The van der Waals surface area contributed by atoms with E-state index in [1.165, 1.54) is 12.1 Å². The number of primary amides is 1. The first-order valence-electron chi connectivity index (χ1n) is 5.59. The summed E-state index contributed by atoms with van der Waals surface area (Å²) in [5, 5.41) is 2.57. The van der Waals surface area contributed by atoms with E-state index in [9.17, 15) is 14.0 Å². The molecule has 0 aromatic heterocycles. The summed E-state index contributed by atoms with van der Waals surface area (Å²) in [6.45, 7) is 2.07. The van der Waals surface area contributed by atoms with Crippen LogP contribution < -0.4 is 16.8 Å². The number of halogens is 1. The van der Waals surface area contributed by atoms with Gasteiger partial charge in [-0.05, 0) is 24.6 Å². The molecule has 1 rings (SSSR count). The lowest BCUT2D eigenvalue weighted by Gasteiger charge is -2.13. The molecule has 1 aromatic rings. The molecule has 2 amide bonds. The van der Waals surface area contributed by atoms with Crippen molar-refractivity contribution in [2.24, 2.45) is 17.4 Å². The molecule has 5 N–H and O–H groups in total. The van der Waals surface area contributed by atoms with Crippen molar-refractivity contribution in [2.75, 3.05) is 11.9 Å². The first-order chi connectivity index (χ1) is 8.49. The summed E-state index contributed by atoms with van der Waals surface area (Å²) in [5.74, 6) is -2.17. The van der Waals surface area contributed by atoms with Gasteiger partial charge < -0.3 is 16.8 Å². The molecule has 18 heavy (non-hydrogen) atoms. The van der Waals surface area contributed by atoms with Crippen LogP contribution in [-0.2, 0) is 4.79 Å². The van der Waals surface area contributed by atoms with Crippen molar-refractivity contribution in [3.05, 3.63) is 29.6 Å². The average Bonchev–Trinajstić information content (AvgIpc) is 2.32. The molecule has 0 saturated heterocycles. The van der Waals surface area contributed by atoms with E-state index in [1.807, 2.05) is 6.92 Å². The molecule has 0 heterocycles. The summed E-state index contributed by atoms with van der Waals surface area (Å²) < 4.78 is 13.2. The summed E-state index contributed by atoms with van der Waals surface area (Å²) in [4.78, 5) is 22.7. The van der Waals surface area contributed by atoms with Gasteiger partial charge in [-0.25, -0.2) is 4.39 Å². The van der Waals surface area contributed by atoms with E-state index in [2.05, 4.69) is 5.32 Å². The molecule has 0 aliphatic rings. The molecule has 5 nitrogen and oxygen atoms in total. The first-order valence-corrected chi connectivity index (χ1v) is 5.59. The lowest BCUT2D eigenvalue weighted by molar-refractivity contribution is -0.119. The Morgan fingerprint density at radius 3 is 2.61 bits per heavy atom. The Bertz CT molecular complexity index is 459. The van der Waals surface area contributed by atoms with Crippen LogP contribution in [0.1, 0.15) is 23.7 Å². The van der Waals surface area contributed by atoms with Crippen LogP contribution in [0, 0.1) is 11.7 Å². The van der Waals surface area contributed by atoms with E-state index in [4.69, 9.17) is 11.5 Å². The monoisotopic (exact) mass is 253 g/mol. The average molecular weight is 253 g/mol. The number of amides is 2. The van der Waals surface area contributed by atoms with Gasteiger partial charge in [-0.1, -0.05) is 6.92 Å². The molecule has 0 aliphatic heterocycles. The summed E-state index contributed by atoms with van der Waals surface area (Å²) in [5.41, 5.74) is 10.5. The second-order valence-electron chi connectivity index (χ2n) is 3.89. The zero-order chi connectivity index (χ0) is 13.7. The number of hydrogen-bond donors (Lipinski definition) is 3. The predicted molar refractivity (Wildman–Crippen MR) is 66.4 cm³/mol. The van der Waals surface area contributed by atoms with Crippen LogP contribution in [0.5, 0.6) is 0 Å². The maximum atomic E-state index is 13.2. The Hall–Kier alpha value is -1.95. The molecule has 1 atom stereocenters. The first kappa shape index (κ1) is 14.1. The van der Waals surface area contributed by atoms with Gasteiger partial charge in [-0.2, -0.15) is 0 Å². The van der Waals surface area contributed by atoms with Crippen molar-refractivity contribution in [3.63, 3.8) is 0 Å². The summed E-state index contributed by atoms with van der Waals surface area (Å²) >= 11 is 0. The maximum Gasteiger partial charge on any atom is 0.251 e. The lowest BCUT2D eigenvalue weighted by Crippen LogP contribution is -2.28. The standard InChI is InChI=1S/C12H16FN3O2/c1-2-7(6-14)12(18)16-8-3-4-10(13)9(5-8)11(15)17/h3-5,7H,2,6,14H2,1H3,(H2,15,17)(H,16,18).